The van der Waals surface area contributed by atoms with Gasteiger partial charge in [-0.3, -0.25) is 0 Å². The monoisotopic (exact) mass is 182 g/mol. The van der Waals surface area contributed by atoms with E-state index >= 15 is 0 Å². The number of rotatable bonds is 2. The van der Waals surface area contributed by atoms with Gasteiger partial charge in [0.1, 0.15) is 0 Å². The second-order valence-electron chi connectivity index (χ2n) is 3.09. The molecule has 0 fully saturated rings. The van der Waals surface area contributed by atoms with E-state index in [9.17, 15) is 5.11 Å². The number of phenols is 1. The van der Waals surface area contributed by atoms with E-state index in [-0.39, 0.29) is 5.75 Å². The van der Waals surface area contributed by atoms with E-state index in [2.05, 4.69) is 13.1 Å². The topological polar surface area (TPSA) is 29.5 Å². The molecule has 0 unspecified atom stereocenters. The average molecular weight is 182 g/mol. The van der Waals surface area contributed by atoms with Crippen molar-refractivity contribution >= 4 is 14.0 Å². The fourth-order valence-electron chi connectivity index (χ4n) is 1.05. The first-order valence-corrected chi connectivity index (χ1v) is 6.90. The largest absolute Gasteiger partial charge is 0.504 e. The maximum atomic E-state index is 9.31. The average Bonchev–Trinajstić information content (AvgIpc) is 2.05. The van der Waals surface area contributed by atoms with E-state index in [1.807, 2.05) is 12.1 Å². The number of hydrogen-bond donors (Lipinski definition) is 1. The van der Waals surface area contributed by atoms with E-state index in [1.165, 1.54) is 5.19 Å². The van der Waals surface area contributed by atoms with Crippen LogP contribution in [0.5, 0.6) is 11.5 Å². The fourth-order valence-corrected chi connectivity index (χ4v) is 2.02. The maximum absolute atomic E-state index is 9.31. The van der Waals surface area contributed by atoms with E-state index in [0.29, 0.717) is 5.75 Å². The van der Waals surface area contributed by atoms with Crippen LogP contribution in [-0.2, 0) is 0 Å². The third-order valence-corrected chi connectivity index (χ3v) is 3.56. The first-order chi connectivity index (χ1) is 5.65. The molecule has 1 aromatic carbocycles. The summed E-state index contributed by atoms with van der Waals surface area (Å²) in [6.45, 7) is 4.48. The quantitative estimate of drug-likeness (QED) is 0.694. The van der Waals surface area contributed by atoms with Crippen LogP contribution in [0.25, 0.3) is 0 Å². The molecular formula is C9H14O2Si. The zero-order chi connectivity index (χ0) is 9.14. The summed E-state index contributed by atoms with van der Waals surface area (Å²) in [6, 6.07) is 5.59. The highest BCUT2D eigenvalue weighted by Crippen LogP contribution is 2.22. The van der Waals surface area contributed by atoms with Crippen molar-refractivity contribution < 1.29 is 9.84 Å². The Bertz CT molecular complexity index is 271. The Morgan fingerprint density at radius 1 is 1.33 bits per heavy atom. The molecule has 0 bridgehead atoms. The van der Waals surface area contributed by atoms with Gasteiger partial charge >= 0.3 is 0 Å². The Morgan fingerprint density at radius 3 is 2.50 bits per heavy atom. The number of phenolic OH excluding ortho intramolecular Hbond substituents is 1. The van der Waals surface area contributed by atoms with Crippen molar-refractivity contribution in [1.82, 2.24) is 0 Å². The van der Waals surface area contributed by atoms with Crippen LogP contribution >= 0.6 is 0 Å². The second-order valence-corrected chi connectivity index (χ2v) is 6.06. The standard InChI is InChI=1S/C9H14O2Si/c1-11-9-6-7(12(2)3)4-5-8(9)10/h4-6,10,12H,1-3H3. The van der Waals surface area contributed by atoms with Gasteiger partial charge in [0.25, 0.3) is 0 Å². The molecule has 2 nitrogen and oxygen atoms in total. The number of benzene rings is 1. The van der Waals surface area contributed by atoms with Crippen LogP contribution in [0.3, 0.4) is 0 Å². The Morgan fingerprint density at radius 2 is 2.00 bits per heavy atom. The molecule has 3 heteroatoms. The second kappa shape index (κ2) is 3.63. The van der Waals surface area contributed by atoms with Crippen molar-refractivity contribution in [3.05, 3.63) is 18.2 Å². The third kappa shape index (κ3) is 1.79. The molecule has 0 radical (unpaired) electrons. The van der Waals surface area contributed by atoms with Crippen LogP contribution in [-0.4, -0.2) is 21.0 Å². The summed E-state index contributed by atoms with van der Waals surface area (Å²) in [4.78, 5) is 0. The van der Waals surface area contributed by atoms with E-state index in [4.69, 9.17) is 4.74 Å². The summed E-state index contributed by atoms with van der Waals surface area (Å²) in [5.74, 6) is 0.796. The minimum absolute atomic E-state index is 0.218. The molecule has 0 saturated carbocycles. The van der Waals surface area contributed by atoms with Gasteiger partial charge in [0.15, 0.2) is 11.5 Å². The molecule has 1 N–H and O–H groups in total. The van der Waals surface area contributed by atoms with E-state index in [1.54, 1.807) is 13.2 Å². The lowest BCUT2D eigenvalue weighted by Crippen LogP contribution is -2.21. The molecule has 0 atom stereocenters. The lowest BCUT2D eigenvalue weighted by Gasteiger charge is -2.07. The summed E-state index contributed by atoms with van der Waals surface area (Å²) >= 11 is 0. The molecule has 66 valence electrons. The fraction of sp³-hybridized carbons (Fsp3) is 0.333. The Kier molecular flexibility index (Phi) is 2.76. The summed E-state index contributed by atoms with van der Waals surface area (Å²) < 4.78 is 5.01. The van der Waals surface area contributed by atoms with Gasteiger partial charge in [0.2, 0.25) is 0 Å². The van der Waals surface area contributed by atoms with Crippen molar-refractivity contribution in [1.29, 1.82) is 0 Å². The van der Waals surface area contributed by atoms with Gasteiger partial charge in [-0.2, -0.15) is 0 Å². The van der Waals surface area contributed by atoms with E-state index in [0.717, 1.165) is 0 Å². The highest BCUT2D eigenvalue weighted by Gasteiger charge is 2.05. The van der Waals surface area contributed by atoms with Crippen molar-refractivity contribution in [2.24, 2.45) is 0 Å². The lowest BCUT2D eigenvalue weighted by molar-refractivity contribution is 0.374. The molecule has 0 amide bonds. The minimum Gasteiger partial charge on any atom is -0.504 e. The third-order valence-electron chi connectivity index (χ3n) is 1.87. The van der Waals surface area contributed by atoms with Crippen LogP contribution in [0.2, 0.25) is 13.1 Å². The summed E-state index contributed by atoms with van der Waals surface area (Å²) in [6.07, 6.45) is 0. The van der Waals surface area contributed by atoms with Crippen molar-refractivity contribution in [2.45, 2.75) is 13.1 Å². The summed E-state index contributed by atoms with van der Waals surface area (Å²) in [5, 5.41) is 10.6. The molecular weight excluding hydrogens is 168 g/mol. The molecule has 0 heterocycles. The van der Waals surface area contributed by atoms with Gasteiger partial charge < -0.3 is 9.84 Å². The van der Waals surface area contributed by atoms with Gasteiger partial charge in [0.05, 0.1) is 15.9 Å². The predicted octanol–water partition coefficient (Wildman–Crippen LogP) is 1.09. The van der Waals surface area contributed by atoms with Gasteiger partial charge in [-0.15, -0.1) is 0 Å². The first-order valence-electron chi connectivity index (χ1n) is 4.02. The molecule has 0 spiro atoms. The van der Waals surface area contributed by atoms with Crippen LogP contribution < -0.4 is 9.92 Å². The number of aromatic hydroxyl groups is 1. The molecule has 1 aromatic rings. The molecule has 0 aromatic heterocycles. The normalized spacial score (nSPS) is 10.3. The van der Waals surface area contributed by atoms with Gasteiger partial charge in [-0.05, 0) is 12.1 Å². The molecule has 0 aliphatic rings. The molecule has 12 heavy (non-hydrogen) atoms. The molecule has 1 rings (SSSR count). The smallest absolute Gasteiger partial charge is 0.160 e. The summed E-state index contributed by atoms with van der Waals surface area (Å²) in [7, 11) is 0.788. The zero-order valence-corrected chi connectivity index (χ0v) is 8.82. The lowest BCUT2D eigenvalue weighted by atomic mass is 10.3. The number of methoxy groups -OCH3 is 1. The van der Waals surface area contributed by atoms with Gasteiger partial charge in [-0.1, -0.05) is 24.3 Å². The Balaban J connectivity index is 3.05. The first kappa shape index (κ1) is 9.13. The summed E-state index contributed by atoms with van der Waals surface area (Å²) in [5.41, 5.74) is 0. The van der Waals surface area contributed by atoms with Gasteiger partial charge in [-0.25, -0.2) is 0 Å². The number of hydrogen-bond acceptors (Lipinski definition) is 2. The van der Waals surface area contributed by atoms with Crippen LogP contribution in [0.15, 0.2) is 18.2 Å². The van der Waals surface area contributed by atoms with Crippen LogP contribution in [0.1, 0.15) is 0 Å². The minimum atomic E-state index is -0.783. The highest BCUT2D eigenvalue weighted by molar-refractivity contribution is 6.70. The Labute approximate surface area is 74.4 Å². The maximum Gasteiger partial charge on any atom is 0.160 e. The van der Waals surface area contributed by atoms with Crippen molar-refractivity contribution in [3.8, 4) is 11.5 Å². The van der Waals surface area contributed by atoms with Crippen molar-refractivity contribution in [2.75, 3.05) is 7.11 Å². The zero-order valence-electron chi connectivity index (χ0n) is 7.66. The molecule has 0 aliphatic heterocycles. The predicted molar refractivity (Wildman–Crippen MR) is 53.2 cm³/mol. The molecule has 0 saturated heterocycles. The van der Waals surface area contributed by atoms with E-state index < -0.39 is 8.80 Å². The van der Waals surface area contributed by atoms with Crippen LogP contribution in [0, 0.1) is 0 Å². The SMILES string of the molecule is COc1cc([SiH](C)C)ccc1O. The van der Waals surface area contributed by atoms with Gasteiger partial charge in [0, 0.05) is 0 Å². The van der Waals surface area contributed by atoms with Crippen LogP contribution in [0.4, 0.5) is 0 Å². The number of ether oxygens (including phenoxy) is 1. The highest BCUT2D eigenvalue weighted by atomic mass is 28.3. The Hall–Kier alpha value is -0.963. The molecule has 0 aliphatic carbocycles. The van der Waals surface area contributed by atoms with Crippen molar-refractivity contribution in [3.63, 3.8) is 0 Å².